The number of piperidine rings is 1. The molecular formula is C22H28ClN. The van der Waals surface area contributed by atoms with E-state index in [1.807, 2.05) is 12.1 Å². The summed E-state index contributed by atoms with van der Waals surface area (Å²) in [5.41, 5.74) is 2.93. The van der Waals surface area contributed by atoms with E-state index in [4.69, 9.17) is 11.6 Å². The second kappa shape index (κ2) is 9.25. The van der Waals surface area contributed by atoms with Crippen LogP contribution >= 0.6 is 11.6 Å². The molecule has 1 saturated heterocycles. The zero-order chi connectivity index (χ0) is 16.6. The van der Waals surface area contributed by atoms with E-state index in [-0.39, 0.29) is 0 Å². The lowest BCUT2D eigenvalue weighted by Gasteiger charge is -2.32. The zero-order valence-electron chi connectivity index (χ0n) is 14.5. The Hall–Kier alpha value is -1.31. The minimum Gasteiger partial charge on any atom is -0.303 e. The SMILES string of the molecule is Clc1ccc(CCCCCN2CCC(c3ccccc3)CC2)cc1. The molecule has 2 aromatic carbocycles. The van der Waals surface area contributed by atoms with E-state index in [0.717, 1.165) is 10.9 Å². The van der Waals surface area contributed by atoms with Gasteiger partial charge in [0, 0.05) is 5.02 Å². The molecule has 3 rings (SSSR count). The molecule has 0 N–H and O–H groups in total. The molecule has 0 radical (unpaired) electrons. The van der Waals surface area contributed by atoms with Crippen molar-refractivity contribution in [3.05, 3.63) is 70.7 Å². The van der Waals surface area contributed by atoms with Gasteiger partial charge in [0.05, 0.1) is 0 Å². The zero-order valence-corrected chi connectivity index (χ0v) is 15.2. The van der Waals surface area contributed by atoms with E-state index in [9.17, 15) is 0 Å². The van der Waals surface area contributed by atoms with Gasteiger partial charge in [-0.1, -0.05) is 60.5 Å². The van der Waals surface area contributed by atoms with Crippen LogP contribution in [0.2, 0.25) is 5.02 Å². The van der Waals surface area contributed by atoms with Gasteiger partial charge in [0.15, 0.2) is 0 Å². The Morgan fingerprint density at radius 1 is 0.833 bits per heavy atom. The second-order valence-electron chi connectivity index (χ2n) is 6.96. The molecule has 0 atom stereocenters. The van der Waals surface area contributed by atoms with Gasteiger partial charge < -0.3 is 4.90 Å². The van der Waals surface area contributed by atoms with Gasteiger partial charge in [0.2, 0.25) is 0 Å². The lowest BCUT2D eigenvalue weighted by atomic mass is 9.89. The summed E-state index contributed by atoms with van der Waals surface area (Å²) < 4.78 is 0. The van der Waals surface area contributed by atoms with Gasteiger partial charge in [-0.25, -0.2) is 0 Å². The van der Waals surface area contributed by atoms with Gasteiger partial charge in [-0.2, -0.15) is 0 Å². The number of halogens is 1. The molecule has 1 aliphatic rings. The number of hydrogen-bond acceptors (Lipinski definition) is 1. The van der Waals surface area contributed by atoms with Crippen LogP contribution in [-0.4, -0.2) is 24.5 Å². The highest BCUT2D eigenvalue weighted by Crippen LogP contribution is 2.27. The van der Waals surface area contributed by atoms with Crippen molar-refractivity contribution in [2.24, 2.45) is 0 Å². The van der Waals surface area contributed by atoms with E-state index in [0.29, 0.717) is 0 Å². The smallest absolute Gasteiger partial charge is 0.0406 e. The first kappa shape index (κ1) is 17.5. The molecule has 1 aliphatic heterocycles. The molecule has 0 aliphatic carbocycles. The first-order valence-corrected chi connectivity index (χ1v) is 9.71. The molecule has 0 bridgehead atoms. The summed E-state index contributed by atoms with van der Waals surface area (Å²) in [6, 6.07) is 19.3. The van der Waals surface area contributed by atoms with Crippen LogP contribution in [0.25, 0.3) is 0 Å². The summed E-state index contributed by atoms with van der Waals surface area (Å²) in [7, 11) is 0. The summed E-state index contributed by atoms with van der Waals surface area (Å²) in [6.07, 6.45) is 7.73. The Kier molecular flexibility index (Phi) is 6.75. The van der Waals surface area contributed by atoms with Gasteiger partial charge in [-0.05, 0) is 80.9 Å². The maximum Gasteiger partial charge on any atom is 0.0406 e. The number of likely N-dealkylation sites (tertiary alicyclic amines) is 1. The van der Waals surface area contributed by atoms with Crippen LogP contribution in [-0.2, 0) is 6.42 Å². The third kappa shape index (κ3) is 5.36. The number of hydrogen-bond donors (Lipinski definition) is 0. The van der Waals surface area contributed by atoms with Crippen molar-refractivity contribution in [1.82, 2.24) is 4.90 Å². The lowest BCUT2D eigenvalue weighted by Crippen LogP contribution is -2.33. The van der Waals surface area contributed by atoms with Gasteiger partial charge in [-0.3, -0.25) is 0 Å². The molecule has 0 unspecified atom stereocenters. The molecule has 24 heavy (non-hydrogen) atoms. The predicted octanol–water partition coefficient (Wildman–Crippen LogP) is 5.93. The summed E-state index contributed by atoms with van der Waals surface area (Å²) in [5, 5.41) is 0.831. The predicted molar refractivity (Wildman–Crippen MR) is 104 cm³/mol. The summed E-state index contributed by atoms with van der Waals surface area (Å²) in [6.45, 7) is 3.79. The summed E-state index contributed by atoms with van der Waals surface area (Å²) >= 11 is 5.93. The minimum absolute atomic E-state index is 0.771. The molecule has 1 nitrogen and oxygen atoms in total. The van der Waals surface area contributed by atoms with Crippen molar-refractivity contribution >= 4 is 11.6 Å². The van der Waals surface area contributed by atoms with Crippen LogP contribution in [0, 0.1) is 0 Å². The fraction of sp³-hybridized carbons (Fsp3) is 0.455. The molecule has 2 aromatic rings. The highest BCUT2D eigenvalue weighted by molar-refractivity contribution is 6.30. The minimum atomic E-state index is 0.771. The van der Waals surface area contributed by atoms with Gasteiger partial charge >= 0.3 is 0 Å². The highest BCUT2D eigenvalue weighted by Gasteiger charge is 2.19. The fourth-order valence-electron chi connectivity index (χ4n) is 3.71. The van der Waals surface area contributed by atoms with Crippen LogP contribution in [0.4, 0.5) is 0 Å². The topological polar surface area (TPSA) is 3.24 Å². The molecule has 128 valence electrons. The van der Waals surface area contributed by atoms with Crippen LogP contribution in [0.1, 0.15) is 49.1 Å². The van der Waals surface area contributed by atoms with E-state index in [1.54, 1.807) is 0 Å². The molecule has 0 saturated carbocycles. The Morgan fingerprint density at radius 3 is 2.25 bits per heavy atom. The second-order valence-corrected chi connectivity index (χ2v) is 7.40. The van der Waals surface area contributed by atoms with Crippen LogP contribution in [0.5, 0.6) is 0 Å². The standard InChI is InChI=1S/C22H28ClN/c23-22-12-10-19(11-13-22)7-3-2-6-16-24-17-14-21(15-18-24)20-8-4-1-5-9-20/h1,4-5,8-13,21H,2-3,6-7,14-18H2. The fourth-order valence-corrected chi connectivity index (χ4v) is 3.83. The van der Waals surface area contributed by atoms with E-state index >= 15 is 0 Å². The Balaban J connectivity index is 1.29. The molecule has 1 heterocycles. The van der Waals surface area contributed by atoms with Crippen molar-refractivity contribution < 1.29 is 0 Å². The van der Waals surface area contributed by atoms with Crippen LogP contribution < -0.4 is 0 Å². The summed E-state index contributed by atoms with van der Waals surface area (Å²) in [4.78, 5) is 2.65. The number of rotatable bonds is 7. The summed E-state index contributed by atoms with van der Waals surface area (Å²) in [5.74, 6) is 0.771. The lowest BCUT2D eigenvalue weighted by molar-refractivity contribution is 0.208. The third-order valence-electron chi connectivity index (χ3n) is 5.21. The molecule has 2 heteroatoms. The molecule has 1 fully saturated rings. The van der Waals surface area contributed by atoms with Gasteiger partial charge in [0.25, 0.3) is 0 Å². The van der Waals surface area contributed by atoms with Crippen molar-refractivity contribution in [3.8, 4) is 0 Å². The van der Waals surface area contributed by atoms with Crippen molar-refractivity contribution in [3.63, 3.8) is 0 Å². The highest BCUT2D eigenvalue weighted by atomic mass is 35.5. The third-order valence-corrected chi connectivity index (χ3v) is 5.46. The van der Waals surface area contributed by atoms with Gasteiger partial charge in [-0.15, -0.1) is 0 Å². The van der Waals surface area contributed by atoms with Crippen molar-refractivity contribution in [1.29, 1.82) is 0 Å². The Labute approximate surface area is 151 Å². The maximum atomic E-state index is 5.93. The average molecular weight is 342 g/mol. The van der Waals surface area contributed by atoms with Crippen molar-refractivity contribution in [2.75, 3.05) is 19.6 Å². The Bertz CT molecular complexity index is 585. The maximum absolute atomic E-state index is 5.93. The average Bonchev–Trinajstić information content (AvgIpc) is 2.64. The normalized spacial score (nSPS) is 16.4. The molecule has 0 aromatic heterocycles. The monoisotopic (exact) mass is 341 g/mol. The van der Waals surface area contributed by atoms with E-state index < -0.39 is 0 Å². The first-order chi connectivity index (χ1) is 11.8. The Morgan fingerprint density at radius 2 is 1.54 bits per heavy atom. The quantitative estimate of drug-likeness (QED) is 0.564. The van der Waals surface area contributed by atoms with E-state index in [2.05, 4.69) is 47.4 Å². The number of benzene rings is 2. The van der Waals surface area contributed by atoms with Gasteiger partial charge in [0.1, 0.15) is 0 Å². The number of aryl methyl sites for hydroxylation is 1. The van der Waals surface area contributed by atoms with Crippen molar-refractivity contribution in [2.45, 2.75) is 44.4 Å². The van der Waals surface area contributed by atoms with Crippen LogP contribution in [0.3, 0.4) is 0 Å². The van der Waals surface area contributed by atoms with Crippen LogP contribution in [0.15, 0.2) is 54.6 Å². The number of unbranched alkanes of at least 4 members (excludes halogenated alkanes) is 2. The molecule has 0 spiro atoms. The molecular weight excluding hydrogens is 314 g/mol. The largest absolute Gasteiger partial charge is 0.303 e. The molecule has 0 amide bonds. The number of nitrogens with zero attached hydrogens (tertiary/aromatic N) is 1. The first-order valence-electron chi connectivity index (χ1n) is 9.33. The van der Waals surface area contributed by atoms with E-state index in [1.165, 1.54) is 69.3 Å².